The van der Waals surface area contributed by atoms with Crippen LogP contribution in [0.3, 0.4) is 0 Å². The number of nitrogens with zero attached hydrogens (tertiary/aromatic N) is 1. The average molecular weight is 301 g/mol. The second kappa shape index (κ2) is 6.26. The summed E-state index contributed by atoms with van der Waals surface area (Å²) in [6, 6.07) is 7.98. The highest BCUT2D eigenvalue weighted by Crippen LogP contribution is 2.28. The first kappa shape index (κ1) is 14.1. The molecule has 0 saturated heterocycles. The van der Waals surface area contributed by atoms with Crippen LogP contribution < -0.4 is 10.6 Å². The van der Waals surface area contributed by atoms with Crippen molar-refractivity contribution in [2.45, 2.75) is 38.6 Å². The molecule has 1 heterocycles. The third kappa shape index (κ3) is 3.42. The van der Waals surface area contributed by atoms with Crippen LogP contribution >= 0.6 is 11.3 Å². The number of hydrogen-bond donors (Lipinski definition) is 2. The zero-order chi connectivity index (χ0) is 14.7. The van der Waals surface area contributed by atoms with Crippen LogP contribution in [-0.4, -0.2) is 17.1 Å². The van der Waals surface area contributed by atoms with Gasteiger partial charge in [-0.2, -0.15) is 0 Å². The highest BCUT2D eigenvalue weighted by Gasteiger charge is 2.18. The summed E-state index contributed by atoms with van der Waals surface area (Å²) < 4.78 is 0. The average Bonchev–Trinajstić information content (AvgIpc) is 3.11. The van der Waals surface area contributed by atoms with Crippen molar-refractivity contribution in [1.29, 1.82) is 0 Å². The summed E-state index contributed by atoms with van der Waals surface area (Å²) >= 11 is 1.61. The molecule has 2 N–H and O–H groups in total. The molecule has 0 bridgehead atoms. The van der Waals surface area contributed by atoms with E-state index in [1.54, 1.807) is 11.3 Å². The maximum Gasteiger partial charge on any atom is 0.319 e. The van der Waals surface area contributed by atoms with Crippen LogP contribution in [0.15, 0.2) is 29.6 Å². The summed E-state index contributed by atoms with van der Waals surface area (Å²) in [5.74, 6) is 0. The lowest BCUT2D eigenvalue weighted by Crippen LogP contribution is -2.36. The smallest absolute Gasteiger partial charge is 0.319 e. The summed E-state index contributed by atoms with van der Waals surface area (Å²) in [7, 11) is 0. The molecule has 1 aliphatic rings. The molecular weight excluding hydrogens is 282 g/mol. The molecular formula is C16H19N3OS. The Morgan fingerprint density at radius 2 is 2.05 bits per heavy atom. The van der Waals surface area contributed by atoms with Crippen LogP contribution in [0.25, 0.3) is 11.3 Å². The molecule has 5 heteroatoms. The second-order valence-corrected chi connectivity index (χ2v) is 6.44. The maximum absolute atomic E-state index is 12.1. The maximum atomic E-state index is 12.1. The first-order valence-corrected chi connectivity index (χ1v) is 8.19. The largest absolute Gasteiger partial charge is 0.335 e. The molecule has 2 amide bonds. The SMILES string of the molecule is Cc1nc(-c2ccccc2NC(=O)NC2CCCC2)cs1. The number of urea groups is 1. The van der Waals surface area contributed by atoms with Crippen molar-refractivity contribution in [2.24, 2.45) is 0 Å². The fraction of sp³-hybridized carbons (Fsp3) is 0.375. The van der Waals surface area contributed by atoms with Crippen LogP contribution in [0.1, 0.15) is 30.7 Å². The number of carbonyl (C=O) groups excluding carboxylic acids is 1. The summed E-state index contributed by atoms with van der Waals surface area (Å²) in [6.07, 6.45) is 4.58. The van der Waals surface area contributed by atoms with Crippen molar-refractivity contribution < 1.29 is 4.79 Å². The van der Waals surface area contributed by atoms with Gasteiger partial charge < -0.3 is 10.6 Å². The molecule has 21 heavy (non-hydrogen) atoms. The minimum Gasteiger partial charge on any atom is -0.335 e. The van der Waals surface area contributed by atoms with Gasteiger partial charge in [0.25, 0.3) is 0 Å². The van der Waals surface area contributed by atoms with E-state index in [1.165, 1.54) is 12.8 Å². The van der Waals surface area contributed by atoms with Gasteiger partial charge in [-0.3, -0.25) is 0 Å². The van der Waals surface area contributed by atoms with E-state index in [4.69, 9.17) is 0 Å². The van der Waals surface area contributed by atoms with Crippen molar-refractivity contribution in [1.82, 2.24) is 10.3 Å². The van der Waals surface area contributed by atoms with Gasteiger partial charge in [0.15, 0.2) is 0 Å². The number of amides is 2. The summed E-state index contributed by atoms with van der Waals surface area (Å²) in [4.78, 5) is 16.6. The third-order valence-corrected chi connectivity index (χ3v) is 4.53. The Hall–Kier alpha value is -1.88. The number of aromatic nitrogens is 1. The van der Waals surface area contributed by atoms with Crippen LogP contribution in [0, 0.1) is 6.92 Å². The first-order valence-electron chi connectivity index (χ1n) is 7.31. The fourth-order valence-electron chi connectivity index (χ4n) is 2.72. The predicted octanol–water partition coefficient (Wildman–Crippen LogP) is 4.18. The lowest BCUT2D eigenvalue weighted by Gasteiger charge is -2.14. The van der Waals surface area contributed by atoms with E-state index in [0.29, 0.717) is 6.04 Å². The van der Waals surface area contributed by atoms with E-state index in [1.807, 2.05) is 36.6 Å². The van der Waals surface area contributed by atoms with E-state index < -0.39 is 0 Å². The zero-order valence-corrected chi connectivity index (χ0v) is 12.9. The van der Waals surface area contributed by atoms with Crippen LogP contribution in [0.5, 0.6) is 0 Å². The number of carbonyl (C=O) groups is 1. The zero-order valence-electron chi connectivity index (χ0n) is 12.1. The number of rotatable bonds is 3. The quantitative estimate of drug-likeness (QED) is 0.893. The van der Waals surface area contributed by atoms with E-state index in [0.717, 1.165) is 34.8 Å². The minimum atomic E-state index is -0.124. The number of aryl methyl sites for hydroxylation is 1. The number of nitrogens with one attached hydrogen (secondary N) is 2. The van der Waals surface area contributed by atoms with E-state index in [9.17, 15) is 4.79 Å². The second-order valence-electron chi connectivity index (χ2n) is 5.38. The molecule has 1 aromatic carbocycles. The molecule has 0 aliphatic heterocycles. The van der Waals surface area contributed by atoms with Gasteiger partial charge in [-0.1, -0.05) is 31.0 Å². The number of para-hydroxylation sites is 1. The molecule has 1 saturated carbocycles. The highest BCUT2D eigenvalue weighted by atomic mass is 32.1. The van der Waals surface area contributed by atoms with Crippen molar-refractivity contribution >= 4 is 23.1 Å². The molecule has 110 valence electrons. The topological polar surface area (TPSA) is 54.0 Å². The third-order valence-electron chi connectivity index (χ3n) is 3.76. The van der Waals surface area contributed by atoms with Gasteiger partial charge in [0.2, 0.25) is 0 Å². The van der Waals surface area contributed by atoms with Crippen molar-refractivity contribution in [3.8, 4) is 11.3 Å². The van der Waals surface area contributed by atoms with Crippen molar-refractivity contribution in [3.63, 3.8) is 0 Å². The van der Waals surface area contributed by atoms with Crippen LogP contribution in [-0.2, 0) is 0 Å². The Balaban J connectivity index is 1.74. The Morgan fingerprint density at radius 1 is 1.29 bits per heavy atom. The summed E-state index contributed by atoms with van der Waals surface area (Å²) in [5, 5.41) is 9.05. The van der Waals surface area contributed by atoms with Crippen LogP contribution in [0.2, 0.25) is 0 Å². The first-order chi connectivity index (χ1) is 10.2. The van der Waals surface area contributed by atoms with Crippen molar-refractivity contribution in [3.05, 3.63) is 34.7 Å². The number of anilines is 1. The monoisotopic (exact) mass is 301 g/mol. The van der Waals surface area contributed by atoms with Crippen LogP contribution in [0.4, 0.5) is 10.5 Å². The van der Waals surface area contributed by atoms with Gasteiger partial charge in [-0.25, -0.2) is 9.78 Å². The van der Waals surface area contributed by atoms with E-state index >= 15 is 0 Å². The molecule has 1 aromatic heterocycles. The Labute approximate surface area is 128 Å². The Kier molecular flexibility index (Phi) is 4.20. The molecule has 0 unspecified atom stereocenters. The number of thiazole rings is 1. The van der Waals surface area contributed by atoms with Gasteiger partial charge >= 0.3 is 6.03 Å². The van der Waals surface area contributed by atoms with Gasteiger partial charge in [-0.05, 0) is 25.8 Å². The van der Waals surface area contributed by atoms with E-state index in [2.05, 4.69) is 15.6 Å². The molecule has 1 aliphatic carbocycles. The van der Waals surface area contributed by atoms with Crippen molar-refractivity contribution in [2.75, 3.05) is 5.32 Å². The standard InChI is InChI=1S/C16H19N3OS/c1-11-17-15(10-21-11)13-8-4-5-9-14(13)19-16(20)18-12-6-2-3-7-12/h4-5,8-10,12H,2-3,6-7H2,1H3,(H2,18,19,20). The van der Waals surface area contributed by atoms with E-state index in [-0.39, 0.29) is 6.03 Å². The Bertz CT molecular complexity index is 632. The van der Waals surface area contributed by atoms with Gasteiger partial charge in [0, 0.05) is 17.0 Å². The molecule has 0 spiro atoms. The molecule has 0 atom stereocenters. The van der Waals surface area contributed by atoms with Gasteiger partial charge in [0.05, 0.1) is 16.4 Å². The molecule has 1 fully saturated rings. The molecule has 4 nitrogen and oxygen atoms in total. The van der Waals surface area contributed by atoms with Gasteiger partial charge in [0.1, 0.15) is 0 Å². The summed E-state index contributed by atoms with van der Waals surface area (Å²) in [6.45, 7) is 1.98. The van der Waals surface area contributed by atoms with Gasteiger partial charge in [-0.15, -0.1) is 11.3 Å². The number of hydrogen-bond acceptors (Lipinski definition) is 3. The summed E-state index contributed by atoms with van der Waals surface area (Å²) in [5.41, 5.74) is 2.68. The molecule has 2 aromatic rings. The predicted molar refractivity (Wildman–Crippen MR) is 86.7 cm³/mol. The Morgan fingerprint density at radius 3 is 2.76 bits per heavy atom. The lowest BCUT2D eigenvalue weighted by atomic mass is 10.1. The fourth-order valence-corrected chi connectivity index (χ4v) is 3.33. The molecule has 3 rings (SSSR count). The normalized spacial score (nSPS) is 15.1. The molecule has 0 radical (unpaired) electrons. The highest BCUT2D eigenvalue weighted by molar-refractivity contribution is 7.09. The minimum absolute atomic E-state index is 0.124. The number of benzene rings is 1. The lowest BCUT2D eigenvalue weighted by molar-refractivity contribution is 0.248.